The van der Waals surface area contributed by atoms with E-state index in [2.05, 4.69) is 45.0 Å². The standard InChI is InChI=1S/C21H34/c1-4-6-7-9-19-12-15-21(17(3)16-19)20-13-10-18(8-5-2)11-14-20/h10-11,13-14,17,19,21H,4-9,12,15-16H2,1-3H3. The Bertz CT molecular complexity index is 389. The minimum absolute atomic E-state index is 0.808. The summed E-state index contributed by atoms with van der Waals surface area (Å²) in [6.45, 7) is 7.05. The molecule has 21 heavy (non-hydrogen) atoms. The first-order chi connectivity index (χ1) is 10.2. The molecule has 1 aliphatic carbocycles. The van der Waals surface area contributed by atoms with Crippen LogP contribution in [0.4, 0.5) is 0 Å². The molecule has 1 aliphatic rings. The summed E-state index contributed by atoms with van der Waals surface area (Å²) in [4.78, 5) is 0. The van der Waals surface area contributed by atoms with E-state index >= 15 is 0 Å². The Morgan fingerprint density at radius 1 is 0.952 bits per heavy atom. The average molecular weight is 287 g/mol. The fourth-order valence-corrected chi connectivity index (χ4v) is 4.17. The molecular formula is C21H34. The Kier molecular flexibility index (Phi) is 6.80. The van der Waals surface area contributed by atoms with Gasteiger partial charge in [-0.25, -0.2) is 0 Å². The molecule has 1 aromatic rings. The SMILES string of the molecule is CCCCCC1CCC(c2ccc(CCC)cc2)C(C)C1. The van der Waals surface area contributed by atoms with Crippen LogP contribution in [-0.2, 0) is 6.42 Å². The molecule has 1 aromatic carbocycles. The average Bonchev–Trinajstić information content (AvgIpc) is 2.49. The molecule has 118 valence electrons. The van der Waals surface area contributed by atoms with E-state index in [9.17, 15) is 0 Å². The maximum atomic E-state index is 2.48. The summed E-state index contributed by atoms with van der Waals surface area (Å²) in [5.74, 6) is 2.67. The van der Waals surface area contributed by atoms with Crippen LogP contribution in [0.25, 0.3) is 0 Å². The lowest BCUT2D eigenvalue weighted by Crippen LogP contribution is -2.21. The van der Waals surface area contributed by atoms with Gasteiger partial charge >= 0.3 is 0 Å². The fraction of sp³-hybridized carbons (Fsp3) is 0.714. The van der Waals surface area contributed by atoms with Crippen LogP contribution in [0.5, 0.6) is 0 Å². The van der Waals surface area contributed by atoms with Crippen LogP contribution < -0.4 is 0 Å². The monoisotopic (exact) mass is 286 g/mol. The lowest BCUT2D eigenvalue weighted by Gasteiger charge is -2.34. The van der Waals surface area contributed by atoms with Gasteiger partial charge in [-0.1, -0.05) is 77.1 Å². The molecule has 0 spiro atoms. The quantitative estimate of drug-likeness (QED) is 0.487. The van der Waals surface area contributed by atoms with E-state index in [1.807, 2.05) is 0 Å². The topological polar surface area (TPSA) is 0 Å². The van der Waals surface area contributed by atoms with E-state index < -0.39 is 0 Å². The molecule has 0 saturated heterocycles. The number of hydrogen-bond acceptors (Lipinski definition) is 0. The molecule has 0 heterocycles. The second-order valence-electron chi connectivity index (χ2n) is 7.25. The molecule has 3 unspecified atom stereocenters. The first-order valence-electron chi connectivity index (χ1n) is 9.33. The predicted octanol–water partition coefficient (Wildman–Crippen LogP) is 6.74. The number of hydrogen-bond donors (Lipinski definition) is 0. The Labute approximate surface area is 132 Å². The summed E-state index contributed by atoms with van der Waals surface area (Å²) in [6, 6.07) is 9.53. The summed E-state index contributed by atoms with van der Waals surface area (Å²) in [6.07, 6.45) is 12.5. The summed E-state index contributed by atoms with van der Waals surface area (Å²) in [7, 11) is 0. The van der Waals surface area contributed by atoms with Gasteiger partial charge in [0.05, 0.1) is 0 Å². The van der Waals surface area contributed by atoms with Gasteiger partial charge in [0.1, 0.15) is 0 Å². The fourth-order valence-electron chi connectivity index (χ4n) is 4.17. The molecule has 0 N–H and O–H groups in total. The highest BCUT2D eigenvalue weighted by Gasteiger charge is 2.28. The van der Waals surface area contributed by atoms with Crippen LogP contribution in [0.2, 0.25) is 0 Å². The maximum Gasteiger partial charge on any atom is -0.0136 e. The van der Waals surface area contributed by atoms with E-state index in [1.165, 1.54) is 63.4 Å². The van der Waals surface area contributed by atoms with Gasteiger partial charge < -0.3 is 0 Å². The zero-order chi connectivity index (χ0) is 15.1. The van der Waals surface area contributed by atoms with Gasteiger partial charge in [-0.3, -0.25) is 0 Å². The third kappa shape index (κ3) is 4.87. The van der Waals surface area contributed by atoms with Crippen molar-refractivity contribution < 1.29 is 0 Å². The molecule has 0 aromatic heterocycles. The van der Waals surface area contributed by atoms with Crippen molar-refractivity contribution in [3.05, 3.63) is 35.4 Å². The van der Waals surface area contributed by atoms with Crippen molar-refractivity contribution in [1.29, 1.82) is 0 Å². The molecule has 0 nitrogen and oxygen atoms in total. The Morgan fingerprint density at radius 3 is 2.33 bits per heavy atom. The predicted molar refractivity (Wildman–Crippen MR) is 93.8 cm³/mol. The highest BCUT2D eigenvalue weighted by atomic mass is 14.3. The first kappa shape index (κ1) is 16.6. The Morgan fingerprint density at radius 2 is 1.71 bits per heavy atom. The molecule has 1 saturated carbocycles. The Balaban J connectivity index is 1.87. The number of rotatable bonds is 7. The summed E-state index contributed by atoms with van der Waals surface area (Å²) in [5, 5.41) is 0. The van der Waals surface area contributed by atoms with Crippen molar-refractivity contribution in [2.75, 3.05) is 0 Å². The largest absolute Gasteiger partial charge is 0.0654 e. The van der Waals surface area contributed by atoms with Gasteiger partial charge in [0.2, 0.25) is 0 Å². The number of benzene rings is 1. The summed E-state index contributed by atoms with van der Waals surface area (Å²) < 4.78 is 0. The second-order valence-corrected chi connectivity index (χ2v) is 7.25. The molecular weight excluding hydrogens is 252 g/mol. The van der Waals surface area contributed by atoms with Gasteiger partial charge in [-0.2, -0.15) is 0 Å². The minimum Gasteiger partial charge on any atom is -0.0654 e. The second kappa shape index (κ2) is 8.61. The van der Waals surface area contributed by atoms with E-state index in [0.29, 0.717) is 0 Å². The molecule has 0 heteroatoms. The van der Waals surface area contributed by atoms with Crippen LogP contribution >= 0.6 is 0 Å². The summed E-state index contributed by atoms with van der Waals surface area (Å²) >= 11 is 0. The van der Waals surface area contributed by atoms with Gasteiger partial charge in [-0.05, 0) is 54.6 Å². The van der Waals surface area contributed by atoms with E-state index in [1.54, 1.807) is 5.56 Å². The highest BCUT2D eigenvalue weighted by Crippen LogP contribution is 2.41. The van der Waals surface area contributed by atoms with Crippen LogP contribution in [0, 0.1) is 11.8 Å². The molecule has 3 atom stereocenters. The molecule has 0 bridgehead atoms. The van der Waals surface area contributed by atoms with Crippen LogP contribution in [0.1, 0.15) is 89.2 Å². The molecule has 0 radical (unpaired) electrons. The van der Waals surface area contributed by atoms with Crippen molar-refractivity contribution >= 4 is 0 Å². The number of aryl methyl sites for hydroxylation is 1. The van der Waals surface area contributed by atoms with Crippen molar-refractivity contribution in [2.24, 2.45) is 11.8 Å². The van der Waals surface area contributed by atoms with Crippen LogP contribution in [-0.4, -0.2) is 0 Å². The normalized spacial score (nSPS) is 26.0. The zero-order valence-corrected chi connectivity index (χ0v) is 14.4. The molecule has 0 aliphatic heterocycles. The molecule has 2 rings (SSSR count). The Hall–Kier alpha value is -0.780. The van der Waals surface area contributed by atoms with Crippen LogP contribution in [0.15, 0.2) is 24.3 Å². The van der Waals surface area contributed by atoms with E-state index in [4.69, 9.17) is 0 Å². The highest BCUT2D eigenvalue weighted by molar-refractivity contribution is 5.26. The van der Waals surface area contributed by atoms with Crippen molar-refractivity contribution in [3.63, 3.8) is 0 Å². The third-order valence-corrected chi connectivity index (χ3v) is 5.44. The van der Waals surface area contributed by atoms with Gasteiger partial charge in [0.15, 0.2) is 0 Å². The van der Waals surface area contributed by atoms with Gasteiger partial charge in [0.25, 0.3) is 0 Å². The van der Waals surface area contributed by atoms with Crippen molar-refractivity contribution in [3.8, 4) is 0 Å². The van der Waals surface area contributed by atoms with E-state index in [0.717, 1.165) is 17.8 Å². The third-order valence-electron chi connectivity index (χ3n) is 5.44. The molecule has 0 amide bonds. The summed E-state index contributed by atoms with van der Waals surface area (Å²) in [5.41, 5.74) is 3.09. The maximum absolute atomic E-state index is 2.48. The smallest absolute Gasteiger partial charge is 0.0136 e. The first-order valence-corrected chi connectivity index (χ1v) is 9.33. The zero-order valence-electron chi connectivity index (χ0n) is 14.4. The van der Waals surface area contributed by atoms with Gasteiger partial charge in [-0.15, -0.1) is 0 Å². The minimum atomic E-state index is 0.808. The lowest BCUT2D eigenvalue weighted by molar-refractivity contribution is 0.232. The van der Waals surface area contributed by atoms with Crippen molar-refractivity contribution in [1.82, 2.24) is 0 Å². The number of unbranched alkanes of at least 4 members (excludes halogenated alkanes) is 2. The van der Waals surface area contributed by atoms with Crippen LogP contribution in [0.3, 0.4) is 0 Å². The molecule has 1 fully saturated rings. The van der Waals surface area contributed by atoms with Crippen molar-refractivity contribution in [2.45, 2.75) is 84.5 Å². The lowest BCUT2D eigenvalue weighted by atomic mass is 9.71. The van der Waals surface area contributed by atoms with E-state index in [-0.39, 0.29) is 0 Å². The van der Waals surface area contributed by atoms with Gasteiger partial charge in [0, 0.05) is 0 Å².